The summed E-state index contributed by atoms with van der Waals surface area (Å²) in [6.45, 7) is 3.53. The predicted octanol–water partition coefficient (Wildman–Crippen LogP) is 3.03. The summed E-state index contributed by atoms with van der Waals surface area (Å²) in [4.78, 5) is 7.81. The van der Waals surface area contributed by atoms with Gasteiger partial charge in [-0.25, -0.2) is 0 Å². The summed E-state index contributed by atoms with van der Waals surface area (Å²) in [5.74, 6) is 0.940. The summed E-state index contributed by atoms with van der Waals surface area (Å²) in [5.41, 5.74) is 1.01. The average Bonchev–Trinajstić information content (AvgIpc) is 2.94. The van der Waals surface area contributed by atoms with Gasteiger partial charge in [0, 0.05) is 11.9 Å². The molecule has 3 heteroatoms. The molecule has 13 heavy (non-hydrogen) atoms. The van der Waals surface area contributed by atoms with Crippen molar-refractivity contribution < 1.29 is 0 Å². The Balaban J connectivity index is 2.26. The molecule has 0 spiro atoms. The van der Waals surface area contributed by atoms with Crippen LogP contribution in [0.2, 0.25) is 0 Å². The number of aliphatic imine (C=N–C) groups is 2. The topological polar surface area (TPSA) is 24.7 Å². The Labute approximate surface area is 84.4 Å². The standard InChI is InChI=1S/C10H15ClN2/c1-12-10(6-7-13-8-11)5-4-9-2-3-9/h6-7,9H,1-5,8H2/b10-6-,13-7?. The van der Waals surface area contributed by atoms with Crippen LogP contribution in [-0.2, 0) is 0 Å². The van der Waals surface area contributed by atoms with Crippen LogP contribution in [0.15, 0.2) is 21.8 Å². The molecule has 0 heterocycles. The Kier molecular flexibility index (Phi) is 4.76. The maximum absolute atomic E-state index is 5.39. The highest BCUT2D eigenvalue weighted by atomic mass is 35.5. The Morgan fingerprint density at radius 3 is 2.85 bits per heavy atom. The fourth-order valence-corrected chi connectivity index (χ4v) is 1.23. The van der Waals surface area contributed by atoms with Crippen molar-refractivity contribution in [2.75, 3.05) is 6.00 Å². The number of allylic oxidation sites excluding steroid dienone is 2. The first-order chi connectivity index (χ1) is 6.36. The molecule has 0 radical (unpaired) electrons. The van der Waals surface area contributed by atoms with E-state index in [2.05, 4.69) is 16.7 Å². The highest BCUT2D eigenvalue weighted by Crippen LogP contribution is 2.34. The molecule has 0 atom stereocenters. The Morgan fingerprint density at radius 2 is 2.31 bits per heavy atom. The van der Waals surface area contributed by atoms with Crippen molar-refractivity contribution in [2.45, 2.75) is 25.7 Å². The van der Waals surface area contributed by atoms with Gasteiger partial charge in [-0.2, -0.15) is 0 Å². The van der Waals surface area contributed by atoms with Gasteiger partial charge in [0.15, 0.2) is 0 Å². The van der Waals surface area contributed by atoms with Gasteiger partial charge in [-0.3, -0.25) is 9.98 Å². The van der Waals surface area contributed by atoms with E-state index in [0.717, 1.165) is 18.0 Å². The van der Waals surface area contributed by atoms with Crippen molar-refractivity contribution in [3.63, 3.8) is 0 Å². The van der Waals surface area contributed by atoms with E-state index in [1.165, 1.54) is 19.3 Å². The fourth-order valence-electron chi connectivity index (χ4n) is 1.15. The second-order valence-electron chi connectivity index (χ2n) is 3.25. The molecule has 2 nitrogen and oxygen atoms in total. The van der Waals surface area contributed by atoms with Crippen molar-refractivity contribution in [3.8, 4) is 0 Å². The zero-order chi connectivity index (χ0) is 9.52. The molecule has 1 saturated carbocycles. The van der Waals surface area contributed by atoms with E-state index >= 15 is 0 Å². The normalized spacial score (nSPS) is 18.1. The summed E-state index contributed by atoms with van der Waals surface area (Å²) >= 11 is 5.39. The number of alkyl halides is 1. The third kappa shape index (κ3) is 4.83. The smallest absolute Gasteiger partial charge is 0.113 e. The van der Waals surface area contributed by atoms with Crippen molar-refractivity contribution >= 4 is 24.5 Å². The van der Waals surface area contributed by atoms with E-state index in [0.29, 0.717) is 6.00 Å². The van der Waals surface area contributed by atoms with Crippen molar-refractivity contribution in [2.24, 2.45) is 15.9 Å². The van der Waals surface area contributed by atoms with Crippen LogP contribution in [0.5, 0.6) is 0 Å². The number of halogens is 1. The molecule has 0 N–H and O–H groups in total. The van der Waals surface area contributed by atoms with Crippen LogP contribution in [-0.4, -0.2) is 18.9 Å². The van der Waals surface area contributed by atoms with E-state index in [1.807, 2.05) is 6.08 Å². The van der Waals surface area contributed by atoms with Crippen LogP contribution in [0.1, 0.15) is 25.7 Å². The molecule has 1 aliphatic carbocycles. The van der Waals surface area contributed by atoms with Crippen molar-refractivity contribution in [1.82, 2.24) is 0 Å². The molecule has 0 aromatic heterocycles. The molecule has 0 amide bonds. The first-order valence-corrected chi connectivity index (χ1v) is 5.12. The first kappa shape index (κ1) is 10.5. The number of nitrogens with zero attached hydrogens (tertiary/aromatic N) is 2. The summed E-state index contributed by atoms with van der Waals surface area (Å²) in [7, 11) is 0. The van der Waals surface area contributed by atoms with Gasteiger partial charge in [0.1, 0.15) is 6.00 Å². The van der Waals surface area contributed by atoms with Gasteiger partial charge in [-0.05, 0) is 31.6 Å². The van der Waals surface area contributed by atoms with E-state index in [1.54, 1.807) is 6.21 Å². The lowest BCUT2D eigenvalue weighted by Gasteiger charge is -1.97. The van der Waals surface area contributed by atoms with Crippen LogP contribution in [0.25, 0.3) is 0 Å². The minimum absolute atomic E-state index is 0.309. The zero-order valence-electron chi connectivity index (χ0n) is 7.75. The second-order valence-corrected chi connectivity index (χ2v) is 3.49. The Bertz CT molecular complexity index is 217. The Morgan fingerprint density at radius 1 is 1.54 bits per heavy atom. The minimum atomic E-state index is 0.309. The lowest BCUT2D eigenvalue weighted by molar-refractivity contribution is 0.719. The van der Waals surface area contributed by atoms with Gasteiger partial charge < -0.3 is 0 Å². The molecule has 0 aliphatic heterocycles. The van der Waals surface area contributed by atoms with Crippen LogP contribution < -0.4 is 0 Å². The van der Waals surface area contributed by atoms with Crippen LogP contribution in [0.3, 0.4) is 0 Å². The zero-order valence-corrected chi connectivity index (χ0v) is 8.50. The number of hydrogen-bond donors (Lipinski definition) is 0. The third-order valence-corrected chi connectivity index (χ3v) is 2.29. The number of rotatable bonds is 6. The SMILES string of the molecule is C=N/C(=C\C=NCCl)CCC1CC1. The molecular formula is C10H15ClN2. The maximum atomic E-state index is 5.39. The minimum Gasteiger partial charge on any atom is -0.277 e. The van der Waals surface area contributed by atoms with Crippen molar-refractivity contribution in [3.05, 3.63) is 11.8 Å². The van der Waals surface area contributed by atoms with Gasteiger partial charge in [0.25, 0.3) is 0 Å². The molecule has 72 valence electrons. The highest BCUT2D eigenvalue weighted by molar-refractivity contribution is 6.18. The average molecular weight is 199 g/mol. The summed E-state index contributed by atoms with van der Waals surface area (Å²) in [5, 5.41) is 0. The first-order valence-electron chi connectivity index (χ1n) is 4.58. The lowest BCUT2D eigenvalue weighted by atomic mass is 10.2. The monoisotopic (exact) mass is 198 g/mol. The summed E-state index contributed by atoms with van der Waals surface area (Å²) in [6, 6.07) is 0.309. The Hall–Kier alpha value is -0.630. The van der Waals surface area contributed by atoms with Gasteiger partial charge >= 0.3 is 0 Å². The molecule has 0 aromatic carbocycles. The molecule has 1 aliphatic rings. The third-order valence-electron chi connectivity index (χ3n) is 2.15. The molecule has 1 fully saturated rings. The molecule has 0 aromatic rings. The number of hydrogen-bond acceptors (Lipinski definition) is 2. The maximum Gasteiger partial charge on any atom is 0.113 e. The van der Waals surface area contributed by atoms with E-state index in [-0.39, 0.29) is 0 Å². The molecular weight excluding hydrogens is 184 g/mol. The van der Waals surface area contributed by atoms with E-state index < -0.39 is 0 Å². The highest BCUT2D eigenvalue weighted by Gasteiger charge is 2.20. The predicted molar refractivity (Wildman–Crippen MR) is 58.8 cm³/mol. The van der Waals surface area contributed by atoms with Gasteiger partial charge in [0.2, 0.25) is 0 Å². The van der Waals surface area contributed by atoms with Gasteiger partial charge in [-0.15, -0.1) is 11.6 Å². The van der Waals surface area contributed by atoms with E-state index in [9.17, 15) is 0 Å². The molecule has 0 bridgehead atoms. The molecule has 1 rings (SSSR count). The largest absolute Gasteiger partial charge is 0.277 e. The van der Waals surface area contributed by atoms with Gasteiger partial charge in [0.05, 0.1) is 0 Å². The van der Waals surface area contributed by atoms with Crippen LogP contribution >= 0.6 is 11.6 Å². The van der Waals surface area contributed by atoms with Crippen molar-refractivity contribution in [1.29, 1.82) is 0 Å². The summed E-state index contributed by atoms with van der Waals surface area (Å²) in [6.07, 6.45) is 8.62. The van der Waals surface area contributed by atoms with Crippen LogP contribution in [0, 0.1) is 5.92 Å². The quantitative estimate of drug-likeness (QED) is 0.356. The van der Waals surface area contributed by atoms with Gasteiger partial charge in [-0.1, -0.05) is 12.8 Å². The molecule has 0 saturated heterocycles. The fraction of sp³-hybridized carbons (Fsp3) is 0.600. The second kappa shape index (κ2) is 5.92. The van der Waals surface area contributed by atoms with Crippen LogP contribution in [0.4, 0.5) is 0 Å². The lowest BCUT2D eigenvalue weighted by Crippen LogP contribution is -1.83. The van der Waals surface area contributed by atoms with E-state index in [4.69, 9.17) is 11.6 Å². The molecule has 0 unspecified atom stereocenters. The summed E-state index contributed by atoms with van der Waals surface area (Å²) < 4.78 is 0.